The number of nitriles is 1. The maximum absolute atomic E-state index is 11.8. The lowest BCUT2D eigenvalue weighted by Gasteiger charge is -2.01. The van der Waals surface area contributed by atoms with Crippen LogP contribution in [0.3, 0.4) is 0 Å². The van der Waals surface area contributed by atoms with Gasteiger partial charge in [0.1, 0.15) is 6.61 Å². The summed E-state index contributed by atoms with van der Waals surface area (Å²) < 4.78 is 5.21. The first-order valence-electron chi connectivity index (χ1n) is 8.76. The van der Waals surface area contributed by atoms with Crippen molar-refractivity contribution in [3.8, 4) is 6.07 Å². The molecule has 0 aliphatic carbocycles. The molecule has 0 N–H and O–H groups in total. The van der Waals surface area contributed by atoms with Gasteiger partial charge in [-0.15, -0.1) is 0 Å². The molecule has 0 amide bonds. The maximum atomic E-state index is 11.8. The van der Waals surface area contributed by atoms with Gasteiger partial charge in [0.2, 0.25) is 0 Å². The van der Waals surface area contributed by atoms with E-state index >= 15 is 0 Å². The quantitative estimate of drug-likeness (QED) is 0.348. The average Bonchev–Trinajstić information content (AvgIpc) is 2.76. The van der Waals surface area contributed by atoms with Gasteiger partial charge in [0.05, 0.1) is 17.3 Å². The van der Waals surface area contributed by atoms with E-state index < -0.39 is 0 Å². The lowest BCUT2D eigenvalue weighted by atomic mass is 10.1. The number of esters is 1. The molecule has 0 aliphatic heterocycles. The van der Waals surface area contributed by atoms with Crippen molar-refractivity contribution in [2.75, 3.05) is 0 Å². The van der Waals surface area contributed by atoms with Crippen LogP contribution in [0.25, 0.3) is 6.08 Å². The zero-order valence-electron chi connectivity index (χ0n) is 15.2. The van der Waals surface area contributed by atoms with Crippen LogP contribution in [0.1, 0.15) is 22.3 Å². The van der Waals surface area contributed by atoms with Crippen molar-refractivity contribution in [2.45, 2.75) is 6.61 Å². The monoisotopic (exact) mass is 366 g/mol. The molecule has 4 heteroatoms. The second-order valence-corrected chi connectivity index (χ2v) is 6.01. The van der Waals surface area contributed by atoms with Gasteiger partial charge in [-0.25, -0.2) is 4.79 Å². The minimum atomic E-state index is -0.383. The minimum Gasteiger partial charge on any atom is -0.458 e. The summed E-state index contributed by atoms with van der Waals surface area (Å²) in [5.74, 6) is -0.383. The Morgan fingerprint density at radius 3 is 2.29 bits per heavy atom. The van der Waals surface area contributed by atoms with E-state index in [2.05, 4.69) is 11.1 Å². The van der Waals surface area contributed by atoms with E-state index in [9.17, 15) is 4.79 Å². The number of ether oxygens (including phenoxy) is 1. The van der Waals surface area contributed by atoms with E-state index in [0.29, 0.717) is 5.56 Å². The van der Waals surface area contributed by atoms with Gasteiger partial charge in [0.25, 0.3) is 0 Å². The van der Waals surface area contributed by atoms with Crippen LogP contribution in [0.5, 0.6) is 0 Å². The van der Waals surface area contributed by atoms with E-state index in [1.165, 1.54) is 6.08 Å². The molecule has 0 unspecified atom stereocenters. The SMILES string of the molecule is N#Cc1ccc(C=Nc2ccc(/C=C/C(=O)OCc3ccccc3)cc2)cc1. The summed E-state index contributed by atoms with van der Waals surface area (Å²) in [5, 5.41) is 8.80. The highest BCUT2D eigenvalue weighted by Gasteiger charge is 1.98. The first-order valence-corrected chi connectivity index (χ1v) is 8.76. The van der Waals surface area contributed by atoms with Gasteiger partial charge >= 0.3 is 5.97 Å². The number of carbonyl (C=O) groups is 1. The smallest absolute Gasteiger partial charge is 0.331 e. The highest BCUT2D eigenvalue weighted by molar-refractivity contribution is 5.87. The molecule has 0 fully saturated rings. The van der Waals surface area contributed by atoms with E-state index in [1.807, 2.05) is 66.7 Å². The van der Waals surface area contributed by atoms with Crippen LogP contribution >= 0.6 is 0 Å². The van der Waals surface area contributed by atoms with Gasteiger partial charge in [-0.05, 0) is 47.0 Å². The Morgan fingerprint density at radius 1 is 0.929 bits per heavy atom. The van der Waals surface area contributed by atoms with Gasteiger partial charge < -0.3 is 4.74 Å². The molecule has 3 rings (SSSR count). The molecule has 28 heavy (non-hydrogen) atoms. The Labute approximate surface area is 164 Å². The van der Waals surface area contributed by atoms with Gasteiger partial charge in [-0.2, -0.15) is 5.26 Å². The van der Waals surface area contributed by atoms with Crippen LogP contribution in [0.4, 0.5) is 5.69 Å². The Bertz CT molecular complexity index is 1010. The molecule has 0 saturated carbocycles. The number of carbonyl (C=O) groups excluding carboxylic acids is 1. The Balaban J connectivity index is 1.53. The Morgan fingerprint density at radius 2 is 1.61 bits per heavy atom. The summed E-state index contributed by atoms with van der Waals surface area (Å²) >= 11 is 0. The molecule has 0 heterocycles. The first-order chi connectivity index (χ1) is 13.7. The predicted molar refractivity (Wildman–Crippen MR) is 110 cm³/mol. The summed E-state index contributed by atoms with van der Waals surface area (Å²) in [6, 6.07) is 26.4. The largest absolute Gasteiger partial charge is 0.458 e. The topological polar surface area (TPSA) is 62.5 Å². The molecule has 0 bridgehead atoms. The van der Waals surface area contributed by atoms with Gasteiger partial charge in [-0.1, -0.05) is 54.6 Å². The third-order valence-electron chi connectivity index (χ3n) is 3.93. The fourth-order valence-corrected chi connectivity index (χ4v) is 2.41. The third kappa shape index (κ3) is 5.79. The van der Waals surface area contributed by atoms with Crippen molar-refractivity contribution in [3.63, 3.8) is 0 Å². The van der Waals surface area contributed by atoms with Crippen molar-refractivity contribution in [1.29, 1.82) is 5.26 Å². The zero-order chi connectivity index (χ0) is 19.6. The van der Waals surface area contributed by atoms with Crippen molar-refractivity contribution < 1.29 is 9.53 Å². The number of hydrogen-bond donors (Lipinski definition) is 0. The summed E-state index contributed by atoms with van der Waals surface area (Å²) in [6.45, 7) is 0.257. The fourth-order valence-electron chi connectivity index (χ4n) is 2.41. The molecule has 4 nitrogen and oxygen atoms in total. The molecule has 0 spiro atoms. The number of rotatable bonds is 6. The van der Waals surface area contributed by atoms with Gasteiger partial charge in [0, 0.05) is 12.3 Å². The normalized spacial score (nSPS) is 10.8. The molecule has 136 valence electrons. The zero-order valence-corrected chi connectivity index (χ0v) is 15.2. The van der Waals surface area contributed by atoms with E-state index in [1.54, 1.807) is 24.4 Å². The molecule has 0 aromatic heterocycles. The van der Waals surface area contributed by atoms with Crippen LogP contribution in [0.15, 0.2) is 89.9 Å². The van der Waals surface area contributed by atoms with Crippen LogP contribution in [-0.2, 0) is 16.1 Å². The van der Waals surface area contributed by atoms with Crippen LogP contribution in [0, 0.1) is 11.3 Å². The van der Waals surface area contributed by atoms with Crippen LogP contribution < -0.4 is 0 Å². The predicted octanol–water partition coefficient (Wildman–Crippen LogP) is 5.07. The number of nitrogens with zero attached hydrogens (tertiary/aromatic N) is 2. The van der Waals surface area contributed by atoms with Crippen LogP contribution in [-0.4, -0.2) is 12.2 Å². The van der Waals surface area contributed by atoms with Crippen molar-refractivity contribution in [3.05, 3.63) is 107 Å². The van der Waals surface area contributed by atoms with Crippen LogP contribution in [0.2, 0.25) is 0 Å². The summed E-state index contributed by atoms with van der Waals surface area (Å²) in [6.07, 6.45) is 4.87. The standard InChI is InChI=1S/C24H18N2O2/c25-16-20-6-8-21(9-7-20)17-26-23-13-10-19(11-14-23)12-15-24(27)28-18-22-4-2-1-3-5-22/h1-15,17H,18H2/b15-12+,26-17?. The number of benzene rings is 3. The molecule has 0 atom stereocenters. The average molecular weight is 366 g/mol. The van der Waals surface area contributed by atoms with Crippen molar-refractivity contribution in [1.82, 2.24) is 0 Å². The highest BCUT2D eigenvalue weighted by Crippen LogP contribution is 2.14. The molecule has 0 saturated heterocycles. The van der Waals surface area contributed by atoms with Crippen molar-refractivity contribution in [2.24, 2.45) is 4.99 Å². The second-order valence-electron chi connectivity index (χ2n) is 6.01. The second kappa shape index (κ2) is 9.65. The lowest BCUT2D eigenvalue weighted by Crippen LogP contribution is -2.00. The number of hydrogen-bond acceptors (Lipinski definition) is 4. The molecule has 3 aromatic rings. The fraction of sp³-hybridized carbons (Fsp3) is 0.0417. The summed E-state index contributed by atoms with van der Waals surface area (Å²) in [5.41, 5.74) is 4.18. The Kier molecular flexibility index (Phi) is 6.48. The first kappa shape index (κ1) is 18.8. The lowest BCUT2D eigenvalue weighted by molar-refractivity contribution is -0.138. The van der Waals surface area contributed by atoms with E-state index in [-0.39, 0.29) is 12.6 Å². The maximum Gasteiger partial charge on any atom is 0.331 e. The molecular formula is C24H18N2O2. The molecule has 0 aliphatic rings. The summed E-state index contributed by atoms with van der Waals surface area (Å²) in [7, 11) is 0. The molecule has 3 aromatic carbocycles. The van der Waals surface area contributed by atoms with Crippen molar-refractivity contribution >= 4 is 23.9 Å². The third-order valence-corrected chi connectivity index (χ3v) is 3.93. The molecular weight excluding hydrogens is 348 g/mol. The number of aliphatic imine (C=N–C) groups is 1. The van der Waals surface area contributed by atoms with E-state index in [4.69, 9.17) is 10.00 Å². The molecule has 0 radical (unpaired) electrons. The van der Waals surface area contributed by atoms with Gasteiger partial charge in [0.15, 0.2) is 0 Å². The minimum absolute atomic E-state index is 0.257. The Hall–Kier alpha value is -3.97. The summed E-state index contributed by atoms with van der Waals surface area (Å²) in [4.78, 5) is 16.2. The van der Waals surface area contributed by atoms with Gasteiger partial charge in [-0.3, -0.25) is 4.99 Å². The van der Waals surface area contributed by atoms with E-state index in [0.717, 1.165) is 22.4 Å². The highest BCUT2D eigenvalue weighted by atomic mass is 16.5.